The van der Waals surface area contributed by atoms with Crippen molar-refractivity contribution in [2.75, 3.05) is 0 Å². The van der Waals surface area contributed by atoms with E-state index in [1.165, 1.54) is 0 Å². The van der Waals surface area contributed by atoms with Gasteiger partial charge in [0.05, 0.1) is 23.5 Å². The zero-order valence-corrected chi connectivity index (χ0v) is 18.0. The maximum Gasteiger partial charge on any atom is 0.155 e. The van der Waals surface area contributed by atoms with Crippen molar-refractivity contribution in [1.29, 1.82) is 0 Å². The van der Waals surface area contributed by atoms with Gasteiger partial charge >= 0.3 is 0 Å². The maximum atomic E-state index is 10.1. The van der Waals surface area contributed by atoms with Gasteiger partial charge in [-0.05, 0) is 107 Å². The molecule has 2 aromatic rings. The minimum absolute atomic E-state index is 0.114. The minimum Gasteiger partial charge on any atom is -0.506 e. The van der Waals surface area contributed by atoms with E-state index in [-0.39, 0.29) is 5.75 Å². The van der Waals surface area contributed by atoms with Gasteiger partial charge in [-0.3, -0.25) is 0 Å². The molecule has 0 bridgehead atoms. The van der Waals surface area contributed by atoms with Crippen LogP contribution in [0.5, 0.6) is 17.2 Å². The summed E-state index contributed by atoms with van der Waals surface area (Å²) < 4.78 is 8.34. The van der Waals surface area contributed by atoms with Crippen LogP contribution in [0, 0.1) is 0 Å². The second kappa shape index (κ2) is 6.81. The molecular formula is C15H12Br4O3. The maximum absolute atomic E-state index is 10.1. The van der Waals surface area contributed by atoms with Crippen LogP contribution in [0.3, 0.4) is 0 Å². The van der Waals surface area contributed by atoms with E-state index in [4.69, 9.17) is 4.74 Å². The highest BCUT2D eigenvalue weighted by atomic mass is 79.9. The standard InChI is InChI=1S/C15H12Br4O3/c1-15(2,21)7-3-11(18)14(12(19)4-7)22-8-5-9(16)13(20)10(17)6-8/h3-6,20-21H,1-2H3. The Labute approximate surface area is 162 Å². The lowest BCUT2D eigenvalue weighted by Crippen LogP contribution is -2.15. The first-order valence-corrected chi connectivity index (χ1v) is 9.34. The van der Waals surface area contributed by atoms with Crippen molar-refractivity contribution in [3.05, 3.63) is 47.7 Å². The van der Waals surface area contributed by atoms with Crippen LogP contribution in [0.25, 0.3) is 0 Å². The van der Waals surface area contributed by atoms with Crippen molar-refractivity contribution in [3.8, 4) is 17.2 Å². The molecule has 118 valence electrons. The van der Waals surface area contributed by atoms with Crippen LogP contribution in [-0.4, -0.2) is 10.2 Å². The lowest BCUT2D eigenvalue weighted by Gasteiger charge is -2.20. The van der Waals surface area contributed by atoms with Crippen molar-refractivity contribution in [2.24, 2.45) is 0 Å². The third kappa shape index (κ3) is 4.06. The highest BCUT2D eigenvalue weighted by Gasteiger charge is 2.20. The summed E-state index contributed by atoms with van der Waals surface area (Å²) in [5, 5.41) is 19.8. The van der Waals surface area contributed by atoms with Crippen molar-refractivity contribution in [2.45, 2.75) is 19.4 Å². The molecule has 3 nitrogen and oxygen atoms in total. The summed E-state index contributed by atoms with van der Waals surface area (Å²) in [6, 6.07) is 6.96. The quantitative estimate of drug-likeness (QED) is 0.454. The number of aliphatic hydroxyl groups is 1. The molecule has 0 radical (unpaired) electrons. The zero-order valence-electron chi connectivity index (χ0n) is 11.6. The molecule has 0 aliphatic heterocycles. The largest absolute Gasteiger partial charge is 0.506 e. The minimum atomic E-state index is -0.950. The van der Waals surface area contributed by atoms with Gasteiger partial charge in [0.25, 0.3) is 0 Å². The van der Waals surface area contributed by atoms with Crippen LogP contribution < -0.4 is 4.74 Å². The Hall–Kier alpha value is -0.0800. The average molecular weight is 560 g/mol. The van der Waals surface area contributed by atoms with Gasteiger partial charge in [0.1, 0.15) is 11.5 Å². The Morgan fingerprint density at radius 3 is 1.73 bits per heavy atom. The Balaban J connectivity index is 2.43. The van der Waals surface area contributed by atoms with Crippen molar-refractivity contribution < 1.29 is 14.9 Å². The van der Waals surface area contributed by atoms with Gasteiger partial charge in [-0.2, -0.15) is 0 Å². The summed E-state index contributed by atoms with van der Waals surface area (Å²) in [6.07, 6.45) is 0. The number of aromatic hydroxyl groups is 1. The predicted octanol–water partition coefficient (Wildman–Crippen LogP) is 6.46. The number of ether oxygens (including phenoxy) is 1. The molecule has 0 saturated heterocycles. The highest BCUT2D eigenvalue weighted by Crippen LogP contribution is 2.42. The number of halogens is 4. The van der Waals surface area contributed by atoms with E-state index in [1.807, 2.05) is 12.1 Å². The second-order valence-electron chi connectivity index (χ2n) is 5.17. The molecule has 7 heteroatoms. The monoisotopic (exact) mass is 556 g/mol. The number of hydrogen-bond acceptors (Lipinski definition) is 3. The zero-order chi connectivity index (χ0) is 16.7. The van der Waals surface area contributed by atoms with Crippen LogP contribution >= 0.6 is 63.7 Å². The third-order valence-electron chi connectivity index (χ3n) is 2.92. The first-order chi connectivity index (χ1) is 10.1. The second-order valence-corrected chi connectivity index (χ2v) is 8.58. The third-order valence-corrected chi connectivity index (χ3v) is 5.30. The van der Waals surface area contributed by atoms with Crippen LogP contribution in [-0.2, 0) is 5.60 Å². The fraction of sp³-hybridized carbons (Fsp3) is 0.200. The van der Waals surface area contributed by atoms with Crippen LogP contribution in [0.2, 0.25) is 0 Å². The molecule has 0 unspecified atom stereocenters. The van der Waals surface area contributed by atoms with Crippen molar-refractivity contribution in [3.63, 3.8) is 0 Å². The van der Waals surface area contributed by atoms with Gasteiger partial charge < -0.3 is 14.9 Å². The van der Waals surface area contributed by atoms with Crippen LogP contribution in [0.1, 0.15) is 19.4 Å². The summed E-state index contributed by atoms with van der Waals surface area (Å²) in [6.45, 7) is 3.44. The smallest absolute Gasteiger partial charge is 0.155 e. The average Bonchev–Trinajstić information content (AvgIpc) is 2.38. The first-order valence-electron chi connectivity index (χ1n) is 6.17. The van der Waals surface area contributed by atoms with Gasteiger partial charge in [0, 0.05) is 0 Å². The SMILES string of the molecule is CC(C)(O)c1cc(Br)c(Oc2cc(Br)c(O)c(Br)c2)c(Br)c1. The topological polar surface area (TPSA) is 49.7 Å². The molecule has 2 N–H and O–H groups in total. The van der Waals surface area contributed by atoms with E-state index >= 15 is 0 Å². The Bertz CT molecular complexity index is 677. The van der Waals surface area contributed by atoms with E-state index in [2.05, 4.69) is 63.7 Å². The number of benzene rings is 2. The number of rotatable bonds is 3. The predicted molar refractivity (Wildman–Crippen MR) is 101 cm³/mol. The van der Waals surface area contributed by atoms with E-state index in [9.17, 15) is 10.2 Å². The molecule has 0 heterocycles. The van der Waals surface area contributed by atoms with Gasteiger partial charge in [-0.1, -0.05) is 0 Å². The Morgan fingerprint density at radius 2 is 1.32 bits per heavy atom. The molecule has 2 rings (SSSR count). The first kappa shape index (κ1) is 18.3. The van der Waals surface area contributed by atoms with Crippen molar-refractivity contribution >= 4 is 63.7 Å². The Kier molecular flexibility index (Phi) is 5.65. The summed E-state index contributed by atoms with van der Waals surface area (Å²) >= 11 is 13.5. The summed E-state index contributed by atoms with van der Waals surface area (Å²) in [5.74, 6) is 1.24. The summed E-state index contributed by atoms with van der Waals surface area (Å²) in [7, 11) is 0. The van der Waals surface area contributed by atoms with Gasteiger partial charge in [-0.25, -0.2) is 0 Å². The lowest BCUT2D eigenvalue weighted by atomic mass is 9.99. The van der Waals surface area contributed by atoms with Gasteiger partial charge in [0.15, 0.2) is 5.75 Å². The molecular weight excluding hydrogens is 548 g/mol. The molecule has 22 heavy (non-hydrogen) atoms. The highest BCUT2D eigenvalue weighted by molar-refractivity contribution is 9.11. The number of phenolic OH excluding ortho intramolecular Hbond substituents is 1. The fourth-order valence-corrected chi connectivity index (χ4v) is 4.22. The molecule has 0 amide bonds. The molecule has 0 spiro atoms. The molecule has 0 aromatic heterocycles. The van der Waals surface area contributed by atoms with E-state index < -0.39 is 5.60 Å². The Morgan fingerprint density at radius 1 is 0.864 bits per heavy atom. The molecule has 0 aliphatic rings. The molecule has 0 aliphatic carbocycles. The summed E-state index contributed by atoms with van der Waals surface area (Å²) in [5.41, 5.74) is -0.194. The van der Waals surface area contributed by atoms with Crippen LogP contribution in [0.4, 0.5) is 0 Å². The van der Waals surface area contributed by atoms with Gasteiger partial charge in [-0.15, -0.1) is 0 Å². The number of phenols is 1. The normalized spacial score (nSPS) is 11.6. The molecule has 0 fully saturated rings. The van der Waals surface area contributed by atoms with Gasteiger partial charge in [0.2, 0.25) is 0 Å². The van der Waals surface area contributed by atoms with Crippen LogP contribution in [0.15, 0.2) is 42.2 Å². The van der Waals surface area contributed by atoms with Crippen molar-refractivity contribution in [1.82, 2.24) is 0 Å². The number of hydrogen-bond donors (Lipinski definition) is 2. The lowest BCUT2D eigenvalue weighted by molar-refractivity contribution is 0.0784. The van der Waals surface area contributed by atoms with E-state index in [0.29, 0.717) is 29.4 Å². The summed E-state index contributed by atoms with van der Waals surface area (Å²) in [4.78, 5) is 0. The molecule has 2 aromatic carbocycles. The van der Waals surface area contributed by atoms with E-state index in [1.54, 1.807) is 26.0 Å². The molecule has 0 atom stereocenters. The molecule has 0 saturated carbocycles. The fourth-order valence-electron chi connectivity index (χ4n) is 1.73. The van der Waals surface area contributed by atoms with E-state index in [0.717, 1.165) is 5.56 Å².